The number of halogens is 2. The maximum absolute atomic E-state index is 13.0. The summed E-state index contributed by atoms with van der Waals surface area (Å²) in [4.78, 5) is 0. The first-order valence-electron chi connectivity index (χ1n) is 5.00. The summed E-state index contributed by atoms with van der Waals surface area (Å²) in [6.07, 6.45) is 2.17. The summed E-state index contributed by atoms with van der Waals surface area (Å²) in [6.45, 7) is 0. The molecule has 0 radical (unpaired) electrons. The van der Waals surface area contributed by atoms with Gasteiger partial charge >= 0.3 is 0 Å². The highest BCUT2D eigenvalue weighted by Crippen LogP contribution is 2.34. The number of benzene rings is 1. The summed E-state index contributed by atoms with van der Waals surface area (Å²) >= 11 is 1.79. The molecule has 2 atom stereocenters. The minimum atomic E-state index is -0.552. The SMILES string of the molecule is NC(c1cc(F)cc(F)c1)C1CCCS1. The maximum Gasteiger partial charge on any atom is 0.126 e. The van der Waals surface area contributed by atoms with Crippen molar-refractivity contribution >= 4 is 11.8 Å². The predicted molar refractivity (Wildman–Crippen MR) is 58.8 cm³/mol. The van der Waals surface area contributed by atoms with Gasteiger partial charge in [0.05, 0.1) is 0 Å². The lowest BCUT2D eigenvalue weighted by molar-refractivity contribution is 0.567. The van der Waals surface area contributed by atoms with E-state index in [2.05, 4.69) is 0 Å². The summed E-state index contributed by atoms with van der Waals surface area (Å²) in [5.41, 5.74) is 6.55. The largest absolute Gasteiger partial charge is 0.323 e. The van der Waals surface area contributed by atoms with E-state index in [9.17, 15) is 8.78 Å². The molecule has 0 aromatic heterocycles. The van der Waals surface area contributed by atoms with Crippen LogP contribution < -0.4 is 5.73 Å². The summed E-state index contributed by atoms with van der Waals surface area (Å²) in [7, 11) is 0. The minimum Gasteiger partial charge on any atom is -0.323 e. The van der Waals surface area contributed by atoms with Gasteiger partial charge in [-0.2, -0.15) is 11.8 Å². The van der Waals surface area contributed by atoms with Crippen LogP contribution in [0.4, 0.5) is 8.78 Å². The Kier molecular flexibility index (Phi) is 3.26. The molecule has 2 N–H and O–H groups in total. The zero-order valence-electron chi connectivity index (χ0n) is 8.25. The fourth-order valence-electron chi connectivity index (χ4n) is 1.87. The van der Waals surface area contributed by atoms with E-state index in [1.807, 2.05) is 0 Å². The van der Waals surface area contributed by atoms with E-state index >= 15 is 0 Å². The van der Waals surface area contributed by atoms with E-state index in [1.54, 1.807) is 11.8 Å². The molecule has 4 heteroatoms. The first-order chi connectivity index (χ1) is 7.16. The summed E-state index contributed by atoms with van der Waals surface area (Å²) in [6, 6.07) is 3.26. The van der Waals surface area contributed by atoms with Gasteiger partial charge in [0.15, 0.2) is 0 Å². The highest BCUT2D eigenvalue weighted by Gasteiger charge is 2.24. The quantitative estimate of drug-likeness (QED) is 0.844. The van der Waals surface area contributed by atoms with Gasteiger partial charge in [-0.05, 0) is 36.3 Å². The first kappa shape index (κ1) is 10.9. The third-order valence-corrected chi connectivity index (χ3v) is 4.12. The molecule has 1 saturated heterocycles. The number of hydrogen-bond acceptors (Lipinski definition) is 2. The van der Waals surface area contributed by atoms with E-state index in [-0.39, 0.29) is 6.04 Å². The molecule has 0 bridgehead atoms. The van der Waals surface area contributed by atoms with Crippen LogP contribution in [0.1, 0.15) is 24.4 Å². The van der Waals surface area contributed by atoms with Gasteiger partial charge in [0.2, 0.25) is 0 Å². The second-order valence-corrected chi connectivity index (χ2v) is 5.13. The highest BCUT2D eigenvalue weighted by molar-refractivity contribution is 8.00. The van der Waals surface area contributed by atoms with Crippen molar-refractivity contribution < 1.29 is 8.78 Å². The molecule has 82 valence electrons. The summed E-state index contributed by atoms with van der Waals surface area (Å²) in [5, 5.41) is 0.297. The molecular weight excluding hydrogens is 216 g/mol. The predicted octanol–water partition coefficient (Wildman–Crippen LogP) is 2.86. The van der Waals surface area contributed by atoms with Crippen LogP contribution in [0, 0.1) is 11.6 Å². The fraction of sp³-hybridized carbons (Fsp3) is 0.455. The van der Waals surface area contributed by atoms with Gasteiger partial charge in [0.25, 0.3) is 0 Å². The van der Waals surface area contributed by atoms with E-state index < -0.39 is 11.6 Å². The number of thioether (sulfide) groups is 1. The van der Waals surface area contributed by atoms with E-state index in [4.69, 9.17) is 5.73 Å². The monoisotopic (exact) mass is 229 g/mol. The minimum absolute atomic E-state index is 0.261. The Morgan fingerprint density at radius 2 is 1.93 bits per heavy atom. The van der Waals surface area contributed by atoms with Crippen molar-refractivity contribution in [2.24, 2.45) is 5.73 Å². The molecule has 1 nitrogen and oxygen atoms in total. The molecule has 1 aromatic carbocycles. The summed E-state index contributed by atoms with van der Waals surface area (Å²) < 4.78 is 25.9. The van der Waals surface area contributed by atoms with Crippen molar-refractivity contribution in [3.63, 3.8) is 0 Å². The zero-order valence-corrected chi connectivity index (χ0v) is 9.07. The van der Waals surface area contributed by atoms with Crippen molar-refractivity contribution in [2.45, 2.75) is 24.1 Å². The molecular formula is C11H13F2NS. The van der Waals surface area contributed by atoms with Crippen LogP contribution in [0.2, 0.25) is 0 Å². The Morgan fingerprint density at radius 1 is 1.27 bits per heavy atom. The lowest BCUT2D eigenvalue weighted by Crippen LogP contribution is -2.21. The van der Waals surface area contributed by atoms with Crippen LogP contribution in [0.25, 0.3) is 0 Å². The number of hydrogen-bond donors (Lipinski definition) is 1. The van der Waals surface area contributed by atoms with E-state index in [0.29, 0.717) is 10.8 Å². The Bertz CT molecular complexity index is 330. The molecule has 1 aliphatic heterocycles. The second kappa shape index (κ2) is 4.49. The average Bonchev–Trinajstić information content (AvgIpc) is 2.67. The third-order valence-electron chi connectivity index (χ3n) is 2.64. The van der Waals surface area contributed by atoms with Crippen molar-refractivity contribution in [3.8, 4) is 0 Å². The van der Waals surface area contributed by atoms with Crippen LogP contribution in [0.5, 0.6) is 0 Å². The fourth-order valence-corrected chi connectivity index (χ4v) is 3.20. The molecule has 1 aromatic rings. The van der Waals surface area contributed by atoms with E-state index in [0.717, 1.165) is 24.7 Å². The van der Waals surface area contributed by atoms with Gasteiger partial charge in [-0.25, -0.2) is 8.78 Å². The lowest BCUT2D eigenvalue weighted by atomic mass is 10.0. The Hall–Kier alpha value is -0.610. The van der Waals surface area contributed by atoms with Crippen molar-refractivity contribution in [3.05, 3.63) is 35.4 Å². The molecule has 1 fully saturated rings. The first-order valence-corrected chi connectivity index (χ1v) is 6.05. The van der Waals surface area contributed by atoms with Gasteiger partial charge in [-0.1, -0.05) is 0 Å². The van der Waals surface area contributed by atoms with Crippen LogP contribution >= 0.6 is 11.8 Å². The summed E-state index contributed by atoms with van der Waals surface area (Å²) in [5.74, 6) is -0.0113. The van der Waals surface area contributed by atoms with Gasteiger partial charge in [-0.15, -0.1) is 0 Å². The van der Waals surface area contributed by atoms with Crippen LogP contribution in [0.15, 0.2) is 18.2 Å². The molecule has 0 amide bonds. The molecule has 2 unspecified atom stereocenters. The second-order valence-electron chi connectivity index (χ2n) is 3.78. The molecule has 0 spiro atoms. The molecule has 1 heterocycles. The van der Waals surface area contributed by atoms with Gasteiger partial charge < -0.3 is 5.73 Å². The molecule has 0 aliphatic carbocycles. The van der Waals surface area contributed by atoms with Crippen molar-refractivity contribution in [1.82, 2.24) is 0 Å². The van der Waals surface area contributed by atoms with Gasteiger partial charge in [-0.3, -0.25) is 0 Å². The Morgan fingerprint density at radius 3 is 2.47 bits per heavy atom. The van der Waals surface area contributed by atoms with E-state index in [1.165, 1.54) is 12.1 Å². The van der Waals surface area contributed by atoms with Crippen molar-refractivity contribution in [2.75, 3.05) is 5.75 Å². The molecule has 2 rings (SSSR count). The van der Waals surface area contributed by atoms with Gasteiger partial charge in [0, 0.05) is 17.4 Å². The van der Waals surface area contributed by atoms with Crippen LogP contribution in [0.3, 0.4) is 0 Å². The van der Waals surface area contributed by atoms with Crippen molar-refractivity contribution in [1.29, 1.82) is 0 Å². The Balaban J connectivity index is 2.20. The number of nitrogens with two attached hydrogens (primary N) is 1. The highest BCUT2D eigenvalue weighted by atomic mass is 32.2. The smallest absolute Gasteiger partial charge is 0.126 e. The number of rotatable bonds is 2. The Labute approximate surface area is 92.0 Å². The van der Waals surface area contributed by atoms with Crippen LogP contribution in [-0.2, 0) is 0 Å². The standard InChI is InChI=1S/C11H13F2NS/c12-8-4-7(5-9(13)6-8)11(14)10-2-1-3-15-10/h4-6,10-11H,1-3,14H2. The average molecular weight is 229 g/mol. The molecule has 1 aliphatic rings. The normalized spacial score (nSPS) is 23.0. The maximum atomic E-state index is 13.0. The molecule has 0 saturated carbocycles. The van der Waals surface area contributed by atoms with Crippen LogP contribution in [-0.4, -0.2) is 11.0 Å². The van der Waals surface area contributed by atoms with Gasteiger partial charge in [0.1, 0.15) is 11.6 Å². The topological polar surface area (TPSA) is 26.0 Å². The third kappa shape index (κ3) is 2.49. The lowest BCUT2D eigenvalue weighted by Gasteiger charge is -2.18. The zero-order chi connectivity index (χ0) is 10.8. The molecule has 15 heavy (non-hydrogen) atoms.